The van der Waals surface area contributed by atoms with Gasteiger partial charge in [-0.05, 0) is 82.5 Å². The van der Waals surface area contributed by atoms with E-state index in [2.05, 4.69) is 68.5 Å². The van der Waals surface area contributed by atoms with Crippen molar-refractivity contribution in [1.82, 2.24) is 0 Å². The van der Waals surface area contributed by atoms with Gasteiger partial charge in [0.2, 0.25) is 0 Å². The Morgan fingerprint density at radius 3 is 2.38 bits per heavy atom. The van der Waals surface area contributed by atoms with E-state index in [-0.39, 0.29) is 26.2 Å². The topological polar surface area (TPSA) is 0 Å². The van der Waals surface area contributed by atoms with E-state index in [4.69, 9.17) is 0 Å². The van der Waals surface area contributed by atoms with Crippen molar-refractivity contribution in [3.63, 3.8) is 0 Å². The number of allylic oxidation sites excluding steroid dienone is 2. The van der Waals surface area contributed by atoms with Crippen LogP contribution in [0.15, 0.2) is 48.0 Å². The normalized spacial score (nSPS) is 18.0. The Morgan fingerprint density at radius 2 is 1.69 bits per heavy atom. The molecule has 0 spiro atoms. The number of hydrogen-bond acceptors (Lipinski definition) is 0. The minimum atomic E-state index is 0. The van der Waals surface area contributed by atoms with Crippen LogP contribution >= 0.6 is 0 Å². The fourth-order valence-corrected chi connectivity index (χ4v) is 4.32. The molecular formula is C25H28Zr. The van der Waals surface area contributed by atoms with Gasteiger partial charge in [-0.2, -0.15) is 0 Å². The molecule has 0 bridgehead atoms. The Kier molecular flexibility index (Phi) is 6.52. The Balaban J connectivity index is 0.00000196. The summed E-state index contributed by atoms with van der Waals surface area (Å²) >= 11 is 0. The van der Waals surface area contributed by atoms with Crippen LogP contribution in [0.1, 0.15) is 50.2 Å². The minimum Gasteiger partial charge on any atom is -0.0741 e. The number of aryl methyl sites for hydroxylation is 2. The first kappa shape index (κ1) is 19.6. The second kappa shape index (κ2) is 8.66. The number of rotatable bonds is 3. The molecule has 0 nitrogen and oxygen atoms in total. The van der Waals surface area contributed by atoms with Gasteiger partial charge in [0.1, 0.15) is 0 Å². The maximum atomic E-state index is 2.53. The Morgan fingerprint density at radius 1 is 0.962 bits per heavy atom. The van der Waals surface area contributed by atoms with E-state index < -0.39 is 0 Å². The third kappa shape index (κ3) is 4.20. The van der Waals surface area contributed by atoms with Crippen molar-refractivity contribution in [3.8, 4) is 11.1 Å². The van der Waals surface area contributed by atoms with E-state index in [1.54, 1.807) is 0 Å². The molecule has 0 heterocycles. The molecule has 0 N–H and O–H groups in total. The van der Waals surface area contributed by atoms with Gasteiger partial charge < -0.3 is 0 Å². The third-order valence-electron chi connectivity index (χ3n) is 5.74. The van der Waals surface area contributed by atoms with E-state index >= 15 is 0 Å². The molecule has 0 aliphatic heterocycles. The van der Waals surface area contributed by atoms with Gasteiger partial charge in [-0.3, -0.25) is 0 Å². The molecule has 0 atom stereocenters. The van der Waals surface area contributed by atoms with Crippen LogP contribution in [-0.4, -0.2) is 0 Å². The summed E-state index contributed by atoms with van der Waals surface area (Å²) in [5, 5.41) is 2.79. The largest absolute Gasteiger partial charge is 0.0741 e. The van der Waals surface area contributed by atoms with Crippen LogP contribution in [0.2, 0.25) is 0 Å². The zero-order valence-electron chi connectivity index (χ0n) is 16.0. The first-order chi connectivity index (χ1) is 12.2. The summed E-state index contributed by atoms with van der Waals surface area (Å²) in [4.78, 5) is 0. The van der Waals surface area contributed by atoms with Crippen LogP contribution in [0.25, 0.3) is 23.3 Å². The fourth-order valence-electron chi connectivity index (χ4n) is 4.32. The van der Waals surface area contributed by atoms with E-state index in [1.807, 2.05) is 0 Å². The monoisotopic (exact) mass is 418 g/mol. The number of fused-ring (bicyclic) bond motifs is 1. The number of benzene rings is 2. The summed E-state index contributed by atoms with van der Waals surface area (Å²) in [6, 6.07) is 13.8. The smallest absolute Gasteiger partial charge is 0 e. The predicted molar refractivity (Wildman–Crippen MR) is 109 cm³/mol. The maximum absolute atomic E-state index is 2.53. The molecule has 4 rings (SSSR count). The van der Waals surface area contributed by atoms with Crippen molar-refractivity contribution in [3.05, 3.63) is 69.6 Å². The molecule has 0 aromatic heterocycles. The molecule has 0 amide bonds. The molecule has 1 saturated carbocycles. The van der Waals surface area contributed by atoms with Gasteiger partial charge in [-0.25, -0.2) is 0 Å². The van der Waals surface area contributed by atoms with E-state index in [1.165, 1.54) is 70.4 Å². The molecule has 0 saturated heterocycles. The molecule has 132 valence electrons. The van der Waals surface area contributed by atoms with Gasteiger partial charge in [-0.1, -0.05) is 68.7 Å². The van der Waals surface area contributed by atoms with Gasteiger partial charge in [-0.15, -0.1) is 0 Å². The predicted octanol–water partition coefficient (Wildman–Crippen LogP) is 5.30. The summed E-state index contributed by atoms with van der Waals surface area (Å²) < 4.78 is 0. The van der Waals surface area contributed by atoms with Crippen LogP contribution < -0.4 is 10.4 Å². The first-order valence-corrected chi connectivity index (χ1v) is 9.88. The molecular weight excluding hydrogens is 391 g/mol. The fraction of sp³-hybridized carbons (Fsp3) is 0.360. The van der Waals surface area contributed by atoms with Gasteiger partial charge in [0, 0.05) is 26.2 Å². The van der Waals surface area contributed by atoms with Crippen molar-refractivity contribution in [2.75, 3.05) is 0 Å². The third-order valence-corrected chi connectivity index (χ3v) is 5.74. The Hall–Kier alpha value is -1.20. The SMILES string of the molecule is CCc1ccc(-c2cc(C)cc3c2=CC(=CC2CCCCC2)C=3)cc1.[Zr]. The van der Waals surface area contributed by atoms with Crippen molar-refractivity contribution < 1.29 is 26.2 Å². The van der Waals surface area contributed by atoms with Crippen molar-refractivity contribution in [1.29, 1.82) is 0 Å². The van der Waals surface area contributed by atoms with Crippen molar-refractivity contribution in [2.24, 2.45) is 5.92 Å². The van der Waals surface area contributed by atoms with E-state index in [9.17, 15) is 0 Å². The second-order valence-electron chi connectivity index (χ2n) is 7.72. The standard InChI is InChI=1S/C25H28.Zr/c1-3-19-9-11-22(12-10-19)24-14-18(2)13-23-16-21(17-25(23)24)15-20-7-5-4-6-8-20;/h9-17,20H,3-8H2,1-2H3;. The van der Waals surface area contributed by atoms with Crippen molar-refractivity contribution >= 4 is 12.2 Å². The summed E-state index contributed by atoms with van der Waals surface area (Å²) in [6.07, 6.45) is 15.4. The van der Waals surface area contributed by atoms with Crippen LogP contribution in [-0.2, 0) is 32.6 Å². The first-order valence-electron chi connectivity index (χ1n) is 9.88. The molecule has 1 fully saturated rings. The Bertz CT molecular complexity index is 910. The summed E-state index contributed by atoms with van der Waals surface area (Å²) in [6.45, 7) is 4.42. The van der Waals surface area contributed by atoms with E-state index in [0.717, 1.165) is 12.3 Å². The minimum absolute atomic E-state index is 0. The Labute approximate surface area is 176 Å². The average molecular weight is 420 g/mol. The molecule has 0 radical (unpaired) electrons. The van der Waals surface area contributed by atoms with Crippen molar-refractivity contribution in [2.45, 2.75) is 52.4 Å². The average Bonchev–Trinajstić information content (AvgIpc) is 3.04. The summed E-state index contributed by atoms with van der Waals surface area (Å²) in [7, 11) is 0. The molecule has 1 heteroatoms. The van der Waals surface area contributed by atoms with Gasteiger partial charge in [0.05, 0.1) is 0 Å². The zero-order chi connectivity index (χ0) is 17.2. The number of hydrogen-bond donors (Lipinski definition) is 0. The summed E-state index contributed by atoms with van der Waals surface area (Å²) in [5.74, 6) is 0.777. The van der Waals surface area contributed by atoms with E-state index in [0.29, 0.717) is 0 Å². The van der Waals surface area contributed by atoms with Crippen LogP contribution in [0.3, 0.4) is 0 Å². The van der Waals surface area contributed by atoms with Crippen LogP contribution in [0, 0.1) is 12.8 Å². The quantitative estimate of drug-likeness (QED) is 0.633. The molecule has 26 heavy (non-hydrogen) atoms. The van der Waals surface area contributed by atoms with Gasteiger partial charge in [0.25, 0.3) is 0 Å². The van der Waals surface area contributed by atoms with Gasteiger partial charge in [0.15, 0.2) is 0 Å². The summed E-state index contributed by atoms with van der Waals surface area (Å²) in [5.41, 5.74) is 6.87. The van der Waals surface area contributed by atoms with Gasteiger partial charge >= 0.3 is 0 Å². The molecule has 0 unspecified atom stereocenters. The zero-order valence-corrected chi connectivity index (χ0v) is 18.5. The van der Waals surface area contributed by atoms with Crippen LogP contribution in [0.4, 0.5) is 0 Å². The molecule has 2 aliphatic carbocycles. The second-order valence-corrected chi connectivity index (χ2v) is 7.72. The van der Waals surface area contributed by atoms with Crippen LogP contribution in [0.5, 0.6) is 0 Å². The molecule has 2 aromatic rings. The molecule has 2 aromatic carbocycles. The molecule has 2 aliphatic rings. The maximum Gasteiger partial charge on any atom is 0 e.